The minimum Gasteiger partial charge on any atom is -0.368 e. The highest BCUT2D eigenvalue weighted by molar-refractivity contribution is 7.07. The van der Waals surface area contributed by atoms with E-state index in [4.69, 9.17) is 17.3 Å². The van der Waals surface area contributed by atoms with E-state index in [1.165, 1.54) is 5.56 Å². The zero-order chi connectivity index (χ0) is 16.4. The van der Waals surface area contributed by atoms with E-state index in [-0.39, 0.29) is 17.3 Å². The number of aromatic nitrogens is 3. The number of rotatable bonds is 4. The summed E-state index contributed by atoms with van der Waals surface area (Å²) >= 11 is 7.64. The smallest absolute Gasteiger partial charge is 0.227 e. The fourth-order valence-corrected chi connectivity index (χ4v) is 3.89. The molecule has 1 saturated heterocycles. The molecule has 124 valence electrons. The van der Waals surface area contributed by atoms with E-state index in [0.717, 1.165) is 26.2 Å². The summed E-state index contributed by atoms with van der Waals surface area (Å²) in [7, 11) is 0. The van der Waals surface area contributed by atoms with Crippen LogP contribution in [0.4, 0.5) is 5.95 Å². The Morgan fingerprint density at radius 3 is 2.30 bits per heavy atom. The number of nitrogens with two attached hydrogens (primary N) is 1. The summed E-state index contributed by atoms with van der Waals surface area (Å²) in [5.41, 5.74) is 7.07. The van der Waals surface area contributed by atoms with Gasteiger partial charge in [-0.05, 0) is 47.8 Å². The second kappa shape index (κ2) is 7.09. The molecule has 2 atom stereocenters. The average molecular weight is 353 g/mol. The maximum Gasteiger partial charge on any atom is 0.227 e. The van der Waals surface area contributed by atoms with Gasteiger partial charge in [0.25, 0.3) is 0 Å². The third kappa shape index (κ3) is 3.80. The van der Waals surface area contributed by atoms with Crippen LogP contribution in [0.2, 0.25) is 5.28 Å². The van der Waals surface area contributed by atoms with Crippen LogP contribution >= 0.6 is 22.9 Å². The van der Waals surface area contributed by atoms with Crippen LogP contribution in [-0.2, 0) is 0 Å². The molecule has 2 aromatic rings. The Kier molecular flexibility index (Phi) is 5.11. The van der Waals surface area contributed by atoms with Crippen LogP contribution < -0.4 is 5.73 Å². The van der Waals surface area contributed by atoms with Crippen molar-refractivity contribution in [2.45, 2.75) is 25.9 Å². The van der Waals surface area contributed by atoms with Gasteiger partial charge >= 0.3 is 0 Å². The maximum absolute atomic E-state index is 5.89. The fourth-order valence-electron chi connectivity index (χ4n) is 2.97. The largest absolute Gasteiger partial charge is 0.368 e. The topological polar surface area (TPSA) is 71.2 Å². The Morgan fingerprint density at radius 1 is 1.09 bits per heavy atom. The van der Waals surface area contributed by atoms with Gasteiger partial charge < -0.3 is 5.73 Å². The van der Waals surface area contributed by atoms with Crippen LogP contribution in [-0.4, -0.2) is 50.9 Å². The first-order valence-electron chi connectivity index (χ1n) is 7.71. The monoisotopic (exact) mass is 352 g/mol. The molecule has 23 heavy (non-hydrogen) atoms. The predicted molar refractivity (Wildman–Crippen MR) is 93.5 cm³/mol. The minimum atomic E-state index is 0.0800. The number of hydrogen-bond donors (Lipinski definition) is 1. The third-order valence-electron chi connectivity index (χ3n) is 4.49. The molecule has 0 bridgehead atoms. The van der Waals surface area contributed by atoms with Gasteiger partial charge in [-0.1, -0.05) is 0 Å². The first-order valence-corrected chi connectivity index (χ1v) is 9.04. The number of hydrogen-bond acceptors (Lipinski definition) is 7. The molecule has 6 nitrogen and oxygen atoms in total. The number of halogens is 1. The lowest BCUT2D eigenvalue weighted by molar-refractivity contribution is 0.0759. The summed E-state index contributed by atoms with van der Waals surface area (Å²) in [5, 5.41) is 4.53. The lowest BCUT2D eigenvalue weighted by Gasteiger charge is -2.40. The zero-order valence-corrected chi connectivity index (χ0v) is 14.9. The van der Waals surface area contributed by atoms with Crippen molar-refractivity contribution >= 4 is 28.9 Å². The molecule has 1 aliphatic rings. The van der Waals surface area contributed by atoms with Gasteiger partial charge in [0.1, 0.15) is 0 Å². The lowest BCUT2D eigenvalue weighted by atomic mass is 10.1. The van der Waals surface area contributed by atoms with Crippen LogP contribution in [0.1, 0.15) is 37.3 Å². The number of thiophene rings is 1. The van der Waals surface area contributed by atoms with Gasteiger partial charge in [0, 0.05) is 32.2 Å². The number of piperazine rings is 1. The molecule has 1 fully saturated rings. The molecule has 0 aromatic carbocycles. The van der Waals surface area contributed by atoms with Gasteiger partial charge in [0.15, 0.2) is 5.82 Å². The molecule has 2 aromatic heterocycles. The van der Waals surface area contributed by atoms with E-state index in [1.807, 2.05) is 0 Å². The van der Waals surface area contributed by atoms with Crippen molar-refractivity contribution in [1.29, 1.82) is 0 Å². The highest BCUT2D eigenvalue weighted by atomic mass is 35.5. The van der Waals surface area contributed by atoms with Crippen LogP contribution in [0.3, 0.4) is 0 Å². The molecule has 2 N–H and O–H groups in total. The van der Waals surface area contributed by atoms with Crippen molar-refractivity contribution in [3.8, 4) is 0 Å². The highest BCUT2D eigenvalue weighted by Gasteiger charge is 2.27. The number of nitrogen functional groups attached to an aromatic ring is 1. The van der Waals surface area contributed by atoms with Crippen molar-refractivity contribution < 1.29 is 0 Å². The van der Waals surface area contributed by atoms with E-state index in [2.05, 4.69) is 55.4 Å². The van der Waals surface area contributed by atoms with Crippen molar-refractivity contribution in [2.24, 2.45) is 0 Å². The molecule has 0 amide bonds. The highest BCUT2D eigenvalue weighted by Crippen LogP contribution is 2.26. The summed E-state index contributed by atoms with van der Waals surface area (Å²) in [6.07, 6.45) is 0. The summed E-state index contributed by atoms with van der Waals surface area (Å²) in [4.78, 5) is 17.1. The molecule has 2 unspecified atom stereocenters. The summed E-state index contributed by atoms with van der Waals surface area (Å²) in [6.45, 7) is 8.35. The average Bonchev–Trinajstić information content (AvgIpc) is 3.07. The normalized spacial score (nSPS) is 19.6. The predicted octanol–water partition coefficient (Wildman–Crippen LogP) is 2.61. The van der Waals surface area contributed by atoms with Gasteiger partial charge in [-0.25, -0.2) is 4.98 Å². The number of anilines is 1. The Morgan fingerprint density at radius 2 is 1.74 bits per heavy atom. The Balaban J connectivity index is 1.62. The standard InChI is InChI=1S/C15H21ClN6S/c1-10(12-3-8-23-9-12)21-4-6-22(7-5-21)11(2)13-18-14(16)20-15(17)19-13/h3,8-11H,4-7H2,1-2H3,(H2,17,18,19,20). The molecule has 3 rings (SSSR count). The maximum atomic E-state index is 5.89. The van der Waals surface area contributed by atoms with E-state index in [0.29, 0.717) is 11.9 Å². The molecule has 0 aliphatic carbocycles. The third-order valence-corrected chi connectivity index (χ3v) is 5.36. The number of nitrogens with zero attached hydrogens (tertiary/aromatic N) is 5. The molecule has 0 radical (unpaired) electrons. The first kappa shape index (κ1) is 16.6. The lowest BCUT2D eigenvalue weighted by Crippen LogP contribution is -2.48. The van der Waals surface area contributed by atoms with Crippen LogP contribution in [0.25, 0.3) is 0 Å². The van der Waals surface area contributed by atoms with Crippen molar-refractivity contribution in [1.82, 2.24) is 24.8 Å². The van der Waals surface area contributed by atoms with Gasteiger partial charge in [0.2, 0.25) is 11.2 Å². The summed E-state index contributed by atoms with van der Waals surface area (Å²) in [5.74, 6) is 0.818. The Hall–Kier alpha value is -1.28. The fraction of sp³-hybridized carbons (Fsp3) is 0.533. The van der Waals surface area contributed by atoms with Gasteiger partial charge in [0.05, 0.1) is 6.04 Å². The van der Waals surface area contributed by atoms with Crippen LogP contribution in [0.5, 0.6) is 0 Å². The van der Waals surface area contributed by atoms with Crippen molar-refractivity contribution in [2.75, 3.05) is 31.9 Å². The van der Waals surface area contributed by atoms with E-state index >= 15 is 0 Å². The molecule has 1 aliphatic heterocycles. The van der Waals surface area contributed by atoms with Crippen molar-refractivity contribution in [3.63, 3.8) is 0 Å². The second-order valence-corrected chi connectivity index (χ2v) is 6.92. The first-order chi connectivity index (χ1) is 11.0. The SMILES string of the molecule is CC(c1ccsc1)N1CCN(C(C)c2nc(N)nc(Cl)n2)CC1. The zero-order valence-electron chi connectivity index (χ0n) is 13.3. The van der Waals surface area contributed by atoms with E-state index in [9.17, 15) is 0 Å². The van der Waals surface area contributed by atoms with Crippen molar-refractivity contribution in [3.05, 3.63) is 33.5 Å². The molecule has 0 spiro atoms. The summed E-state index contributed by atoms with van der Waals surface area (Å²) in [6, 6.07) is 2.75. The Labute approximate surface area is 145 Å². The Bertz CT molecular complexity index is 621. The second-order valence-electron chi connectivity index (χ2n) is 5.80. The molecular formula is C15H21ClN6S. The van der Waals surface area contributed by atoms with Gasteiger partial charge in [-0.3, -0.25) is 9.80 Å². The molecular weight excluding hydrogens is 332 g/mol. The minimum absolute atomic E-state index is 0.0800. The molecule has 8 heteroatoms. The van der Waals surface area contributed by atoms with Crippen LogP contribution in [0, 0.1) is 0 Å². The quantitative estimate of drug-likeness (QED) is 0.912. The molecule has 3 heterocycles. The van der Waals surface area contributed by atoms with Gasteiger partial charge in [-0.2, -0.15) is 21.3 Å². The van der Waals surface area contributed by atoms with Gasteiger partial charge in [-0.15, -0.1) is 0 Å². The van der Waals surface area contributed by atoms with E-state index < -0.39 is 0 Å². The van der Waals surface area contributed by atoms with Crippen LogP contribution in [0.15, 0.2) is 16.8 Å². The van der Waals surface area contributed by atoms with E-state index in [1.54, 1.807) is 11.3 Å². The summed E-state index contributed by atoms with van der Waals surface area (Å²) < 4.78 is 0. The molecule has 0 saturated carbocycles.